The van der Waals surface area contributed by atoms with Crippen LogP contribution in [0.5, 0.6) is 5.75 Å². The van der Waals surface area contributed by atoms with Gasteiger partial charge in [-0.25, -0.2) is 4.68 Å². The van der Waals surface area contributed by atoms with Crippen LogP contribution in [0.1, 0.15) is 28.1 Å². The minimum atomic E-state index is -0.130. The van der Waals surface area contributed by atoms with E-state index in [0.717, 1.165) is 28.1 Å². The average Bonchev–Trinajstić information content (AvgIpc) is 3.00. The molecule has 0 aliphatic rings. The number of benzene rings is 2. The van der Waals surface area contributed by atoms with Gasteiger partial charge in [0.25, 0.3) is 0 Å². The van der Waals surface area contributed by atoms with E-state index < -0.39 is 0 Å². The number of anilines is 1. The van der Waals surface area contributed by atoms with Gasteiger partial charge in [0.05, 0.1) is 5.75 Å². The standard InChI is InChI=1S/C21H25N5O2S/c1-13-7-14(2)9-18(8-13)28-11-19-24-25-21(26(19)22)29-12-20(27)23-17-6-5-15(3)16(4)10-17/h5-10H,11-12,22H2,1-4H3,(H,23,27). The molecule has 8 heteroatoms. The summed E-state index contributed by atoms with van der Waals surface area (Å²) in [5, 5.41) is 11.5. The van der Waals surface area contributed by atoms with E-state index in [4.69, 9.17) is 10.6 Å². The van der Waals surface area contributed by atoms with Crippen LogP contribution in [-0.4, -0.2) is 26.5 Å². The van der Waals surface area contributed by atoms with Crippen LogP contribution in [0.25, 0.3) is 0 Å². The Morgan fingerprint density at radius 1 is 1.07 bits per heavy atom. The molecular weight excluding hydrogens is 386 g/mol. The van der Waals surface area contributed by atoms with Gasteiger partial charge < -0.3 is 15.9 Å². The first kappa shape index (κ1) is 20.7. The number of aryl methyl sites for hydroxylation is 4. The Bertz CT molecular complexity index is 1010. The molecule has 1 heterocycles. The minimum Gasteiger partial charge on any atom is -0.486 e. The first-order chi connectivity index (χ1) is 13.8. The molecule has 29 heavy (non-hydrogen) atoms. The Balaban J connectivity index is 1.54. The van der Waals surface area contributed by atoms with Crippen LogP contribution in [0, 0.1) is 27.7 Å². The van der Waals surface area contributed by atoms with Crippen LogP contribution >= 0.6 is 11.8 Å². The third kappa shape index (κ3) is 5.51. The molecule has 1 aromatic heterocycles. The molecule has 0 aliphatic heterocycles. The van der Waals surface area contributed by atoms with E-state index in [9.17, 15) is 4.79 Å². The summed E-state index contributed by atoms with van der Waals surface area (Å²) in [6, 6.07) is 11.8. The number of nitrogens with zero attached hydrogens (tertiary/aromatic N) is 3. The van der Waals surface area contributed by atoms with Gasteiger partial charge >= 0.3 is 0 Å². The Hall–Kier alpha value is -3.00. The Morgan fingerprint density at radius 2 is 1.79 bits per heavy atom. The highest BCUT2D eigenvalue weighted by atomic mass is 32.2. The van der Waals surface area contributed by atoms with Crippen molar-refractivity contribution in [3.8, 4) is 5.75 Å². The molecule has 3 rings (SSSR count). The first-order valence-electron chi connectivity index (χ1n) is 9.22. The molecule has 3 aromatic rings. The van der Waals surface area contributed by atoms with Crippen LogP contribution in [0.4, 0.5) is 5.69 Å². The Morgan fingerprint density at radius 3 is 2.48 bits per heavy atom. The van der Waals surface area contributed by atoms with Gasteiger partial charge in [-0.05, 0) is 74.2 Å². The minimum absolute atomic E-state index is 0.130. The number of hydrogen-bond donors (Lipinski definition) is 2. The summed E-state index contributed by atoms with van der Waals surface area (Å²) in [6.07, 6.45) is 0. The van der Waals surface area contributed by atoms with Crippen LogP contribution < -0.4 is 15.9 Å². The zero-order valence-electron chi connectivity index (χ0n) is 17.0. The predicted molar refractivity (Wildman–Crippen MR) is 116 cm³/mol. The van der Waals surface area contributed by atoms with Gasteiger partial charge in [0.1, 0.15) is 12.4 Å². The van der Waals surface area contributed by atoms with Crippen molar-refractivity contribution in [2.45, 2.75) is 39.5 Å². The third-order valence-electron chi connectivity index (χ3n) is 4.42. The van der Waals surface area contributed by atoms with Gasteiger partial charge in [0.2, 0.25) is 11.1 Å². The summed E-state index contributed by atoms with van der Waals surface area (Å²) in [5.74, 6) is 7.36. The van der Waals surface area contributed by atoms with Crippen molar-refractivity contribution < 1.29 is 9.53 Å². The highest BCUT2D eigenvalue weighted by molar-refractivity contribution is 7.99. The van der Waals surface area contributed by atoms with E-state index >= 15 is 0 Å². The maximum atomic E-state index is 12.2. The lowest BCUT2D eigenvalue weighted by atomic mass is 10.1. The van der Waals surface area contributed by atoms with Crippen molar-refractivity contribution in [2.75, 3.05) is 16.9 Å². The SMILES string of the molecule is Cc1cc(C)cc(OCc2nnc(SCC(=O)Nc3ccc(C)c(C)c3)n2N)c1. The largest absolute Gasteiger partial charge is 0.486 e. The number of carbonyl (C=O) groups is 1. The highest BCUT2D eigenvalue weighted by Crippen LogP contribution is 2.20. The number of aromatic nitrogens is 3. The van der Waals surface area contributed by atoms with Crippen molar-refractivity contribution in [3.05, 3.63) is 64.5 Å². The first-order valence-corrected chi connectivity index (χ1v) is 10.2. The monoisotopic (exact) mass is 411 g/mol. The number of amides is 1. The van der Waals surface area contributed by atoms with Crippen LogP contribution in [-0.2, 0) is 11.4 Å². The molecule has 2 aromatic carbocycles. The average molecular weight is 412 g/mol. The molecule has 0 radical (unpaired) electrons. The zero-order chi connectivity index (χ0) is 21.0. The topological polar surface area (TPSA) is 95.1 Å². The summed E-state index contributed by atoms with van der Waals surface area (Å²) < 4.78 is 7.14. The van der Waals surface area contributed by atoms with E-state index in [0.29, 0.717) is 11.0 Å². The van der Waals surface area contributed by atoms with Crippen LogP contribution in [0.2, 0.25) is 0 Å². The Kier molecular flexibility index (Phi) is 6.43. The number of rotatable bonds is 7. The molecule has 0 spiro atoms. The highest BCUT2D eigenvalue weighted by Gasteiger charge is 2.13. The molecular formula is C21H25N5O2S. The smallest absolute Gasteiger partial charge is 0.234 e. The lowest BCUT2D eigenvalue weighted by Crippen LogP contribution is -2.18. The summed E-state index contributed by atoms with van der Waals surface area (Å²) in [5.41, 5.74) is 5.34. The van der Waals surface area contributed by atoms with Gasteiger partial charge in [-0.1, -0.05) is 23.9 Å². The molecule has 0 saturated heterocycles. The zero-order valence-corrected chi connectivity index (χ0v) is 17.8. The maximum Gasteiger partial charge on any atom is 0.234 e. The van der Waals surface area contributed by atoms with Crippen LogP contribution in [0.15, 0.2) is 41.6 Å². The fraction of sp³-hybridized carbons (Fsp3) is 0.286. The molecule has 1 amide bonds. The van der Waals surface area contributed by atoms with Gasteiger partial charge in [0, 0.05) is 5.69 Å². The fourth-order valence-electron chi connectivity index (χ4n) is 2.81. The number of ether oxygens (including phenoxy) is 1. The molecule has 0 atom stereocenters. The second kappa shape index (κ2) is 9.00. The predicted octanol–water partition coefficient (Wildman–Crippen LogP) is 3.54. The number of nitrogens with two attached hydrogens (primary N) is 1. The lowest BCUT2D eigenvalue weighted by Gasteiger charge is -2.09. The maximum absolute atomic E-state index is 12.2. The molecule has 0 unspecified atom stereocenters. The molecule has 3 N–H and O–H groups in total. The van der Waals surface area contributed by atoms with Gasteiger partial charge in [-0.3, -0.25) is 4.79 Å². The second-order valence-electron chi connectivity index (χ2n) is 7.02. The van der Waals surface area contributed by atoms with Crippen molar-refractivity contribution in [1.29, 1.82) is 0 Å². The van der Waals surface area contributed by atoms with E-state index in [1.54, 1.807) is 0 Å². The molecule has 152 valence electrons. The summed E-state index contributed by atoms with van der Waals surface area (Å²) in [6.45, 7) is 8.28. The third-order valence-corrected chi connectivity index (χ3v) is 5.36. The normalized spacial score (nSPS) is 10.8. The van der Waals surface area contributed by atoms with Gasteiger partial charge in [0.15, 0.2) is 5.82 Å². The van der Waals surface area contributed by atoms with Crippen molar-refractivity contribution >= 4 is 23.4 Å². The second-order valence-corrected chi connectivity index (χ2v) is 7.96. The number of hydrogen-bond acceptors (Lipinski definition) is 6. The lowest BCUT2D eigenvalue weighted by molar-refractivity contribution is -0.113. The van der Waals surface area contributed by atoms with Crippen LogP contribution in [0.3, 0.4) is 0 Å². The quantitative estimate of drug-likeness (QED) is 0.456. The summed E-state index contributed by atoms with van der Waals surface area (Å²) in [7, 11) is 0. The van der Waals surface area contributed by atoms with E-state index in [1.165, 1.54) is 22.0 Å². The molecule has 0 fully saturated rings. The Labute approximate surface area is 174 Å². The molecule has 0 aliphatic carbocycles. The molecule has 0 saturated carbocycles. The van der Waals surface area contributed by atoms with E-state index in [-0.39, 0.29) is 18.3 Å². The van der Waals surface area contributed by atoms with Gasteiger partial charge in [-0.15, -0.1) is 10.2 Å². The fourth-order valence-corrected chi connectivity index (χ4v) is 3.49. The molecule has 0 bridgehead atoms. The van der Waals surface area contributed by atoms with Crippen molar-refractivity contribution in [1.82, 2.24) is 14.9 Å². The number of carbonyl (C=O) groups excluding carboxylic acids is 1. The summed E-state index contributed by atoms with van der Waals surface area (Å²) >= 11 is 1.23. The number of nitrogen functional groups attached to an aromatic ring is 1. The van der Waals surface area contributed by atoms with E-state index in [1.807, 2.05) is 58.0 Å². The molecule has 7 nitrogen and oxygen atoms in total. The summed E-state index contributed by atoms with van der Waals surface area (Å²) in [4.78, 5) is 12.2. The number of nitrogens with one attached hydrogen (secondary N) is 1. The number of thioether (sulfide) groups is 1. The van der Waals surface area contributed by atoms with Crippen molar-refractivity contribution in [2.24, 2.45) is 0 Å². The van der Waals surface area contributed by atoms with E-state index in [2.05, 4.69) is 21.6 Å². The van der Waals surface area contributed by atoms with Gasteiger partial charge in [-0.2, -0.15) is 0 Å². The van der Waals surface area contributed by atoms with Crippen molar-refractivity contribution in [3.63, 3.8) is 0 Å².